The number of aryl methyl sites for hydroxylation is 1. The number of nitrogens with two attached hydrogens (primary N) is 1. The van der Waals surface area contributed by atoms with E-state index in [0.29, 0.717) is 15.9 Å². The lowest BCUT2D eigenvalue weighted by molar-refractivity contribution is 0.284. The van der Waals surface area contributed by atoms with E-state index in [2.05, 4.69) is 20.9 Å². The van der Waals surface area contributed by atoms with E-state index >= 15 is 0 Å². The molecule has 2 aromatic rings. The van der Waals surface area contributed by atoms with E-state index in [4.69, 9.17) is 5.73 Å². The van der Waals surface area contributed by atoms with Crippen LogP contribution in [0.5, 0.6) is 0 Å². The molecule has 1 heterocycles. The number of nitrogens with zero attached hydrogens (tertiary/aromatic N) is 2. The lowest BCUT2D eigenvalue weighted by atomic mass is 9.83. The molecule has 1 fully saturated rings. The maximum Gasteiger partial charge on any atom is 0.201 e. The van der Waals surface area contributed by atoms with Crippen LogP contribution in [0.25, 0.3) is 11.0 Å². The van der Waals surface area contributed by atoms with Crippen LogP contribution in [0.15, 0.2) is 16.6 Å². The Morgan fingerprint density at radius 3 is 2.89 bits per heavy atom. The Morgan fingerprint density at radius 2 is 2.22 bits per heavy atom. The number of aromatic nitrogens is 2. The standard InChI is InChI=1S/C13H15BrFN3/c14-9-6-12-11(7-10(9)15)17-13(16)18(12)5-4-8-2-1-3-8/h6-8H,1-5H2,(H2,16,17). The van der Waals surface area contributed by atoms with E-state index in [1.165, 1.54) is 25.3 Å². The summed E-state index contributed by atoms with van der Waals surface area (Å²) in [5, 5.41) is 0. The highest BCUT2D eigenvalue weighted by atomic mass is 79.9. The lowest BCUT2D eigenvalue weighted by Gasteiger charge is -2.25. The molecule has 0 radical (unpaired) electrons. The van der Waals surface area contributed by atoms with Gasteiger partial charge >= 0.3 is 0 Å². The first kappa shape index (κ1) is 12.0. The molecule has 0 amide bonds. The first-order chi connectivity index (χ1) is 8.65. The second kappa shape index (κ2) is 4.53. The Morgan fingerprint density at radius 1 is 1.44 bits per heavy atom. The predicted molar refractivity (Wildman–Crippen MR) is 73.8 cm³/mol. The van der Waals surface area contributed by atoms with E-state index in [1.54, 1.807) is 6.07 Å². The second-order valence-electron chi connectivity index (χ2n) is 4.96. The van der Waals surface area contributed by atoms with E-state index in [-0.39, 0.29) is 5.82 Å². The van der Waals surface area contributed by atoms with Crippen molar-refractivity contribution in [3.63, 3.8) is 0 Å². The Bertz CT molecular complexity index is 589. The monoisotopic (exact) mass is 311 g/mol. The number of rotatable bonds is 3. The topological polar surface area (TPSA) is 43.8 Å². The minimum atomic E-state index is -0.300. The summed E-state index contributed by atoms with van der Waals surface area (Å²) in [6.07, 6.45) is 5.13. The average molecular weight is 312 g/mol. The van der Waals surface area contributed by atoms with Gasteiger partial charge in [-0.05, 0) is 34.3 Å². The highest BCUT2D eigenvalue weighted by molar-refractivity contribution is 9.10. The van der Waals surface area contributed by atoms with E-state index in [1.807, 2.05) is 4.57 Å². The van der Waals surface area contributed by atoms with E-state index in [0.717, 1.165) is 24.4 Å². The van der Waals surface area contributed by atoms with E-state index < -0.39 is 0 Å². The van der Waals surface area contributed by atoms with Crippen LogP contribution in [0.2, 0.25) is 0 Å². The molecule has 18 heavy (non-hydrogen) atoms. The number of imidazole rings is 1. The largest absolute Gasteiger partial charge is 0.369 e. The van der Waals surface area contributed by atoms with Gasteiger partial charge in [0.05, 0.1) is 15.5 Å². The fraction of sp³-hybridized carbons (Fsp3) is 0.462. The Hall–Kier alpha value is -1.10. The number of hydrogen-bond acceptors (Lipinski definition) is 2. The molecule has 0 bridgehead atoms. The van der Waals surface area contributed by atoms with Crippen molar-refractivity contribution in [2.45, 2.75) is 32.2 Å². The first-order valence-corrected chi connectivity index (χ1v) is 7.05. The molecule has 1 aliphatic carbocycles. The van der Waals surface area contributed by atoms with Gasteiger partial charge in [0.15, 0.2) is 0 Å². The van der Waals surface area contributed by atoms with Gasteiger partial charge in [0, 0.05) is 12.6 Å². The number of anilines is 1. The zero-order chi connectivity index (χ0) is 12.7. The molecule has 0 unspecified atom stereocenters. The van der Waals surface area contributed by atoms with Gasteiger partial charge in [0.25, 0.3) is 0 Å². The van der Waals surface area contributed by atoms with Crippen LogP contribution in [0.1, 0.15) is 25.7 Å². The van der Waals surface area contributed by atoms with Crippen LogP contribution < -0.4 is 5.73 Å². The summed E-state index contributed by atoms with van der Waals surface area (Å²) in [5.74, 6) is 0.999. The summed E-state index contributed by atoms with van der Waals surface area (Å²) in [6, 6.07) is 3.18. The van der Waals surface area contributed by atoms with Gasteiger partial charge in [0.1, 0.15) is 5.82 Å². The molecule has 1 saturated carbocycles. The minimum Gasteiger partial charge on any atom is -0.369 e. The number of fused-ring (bicyclic) bond motifs is 1. The molecule has 2 N–H and O–H groups in total. The molecule has 0 atom stereocenters. The van der Waals surface area contributed by atoms with Crippen LogP contribution in [-0.4, -0.2) is 9.55 Å². The van der Waals surface area contributed by atoms with Gasteiger partial charge < -0.3 is 10.3 Å². The summed E-state index contributed by atoms with van der Waals surface area (Å²) in [4.78, 5) is 4.22. The third-order valence-electron chi connectivity index (χ3n) is 3.81. The average Bonchev–Trinajstić information content (AvgIpc) is 2.54. The zero-order valence-electron chi connectivity index (χ0n) is 10.00. The van der Waals surface area contributed by atoms with Crippen molar-refractivity contribution < 1.29 is 4.39 Å². The smallest absolute Gasteiger partial charge is 0.201 e. The Balaban J connectivity index is 1.93. The maximum atomic E-state index is 13.4. The number of benzene rings is 1. The molecule has 0 saturated heterocycles. The third-order valence-corrected chi connectivity index (χ3v) is 4.41. The van der Waals surface area contributed by atoms with Crippen LogP contribution in [0.4, 0.5) is 10.3 Å². The quantitative estimate of drug-likeness (QED) is 0.939. The first-order valence-electron chi connectivity index (χ1n) is 6.26. The molecule has 0 aliphatic heterocycles. The van der Waals surface area contributed by atoms with Gasteiger partial charge in [-0.3, -0.25) is 0 Å². The number of hydrogen-bond donors (Lipinski definition) is 1. The van der Waals surface area contributed by atoms with Crippen LogP contribution in [-0.2, 0) is 6.54 Å². The molecule has 0 spiro atoms. The highest BCUT2D eigenvalue weighted by Crippen LogP contribution is 2.31. The maximum absolute atomic E-state index is 13.4. The molecule has 96 valence electrons. The normalized spacial score (nSPS) is 16.1. The van der Waals surface area contributed by atoms with E-state index in [9.17, 15) is 4.39 Å². The predicted octanol–water partition coefficient (Wildman–Crippen LogP) is 3.71. The number of halogens is 2. The molecule has 3 nitrogen and oxygen atoms in total. The van der Waals surface area contributed by atoms with Crippen molar-refractivity contribution in [2.24, 2.45) is 5.92 Å². The molecule has 3 rings (SSSR count). The molecule has 5 heteroatoms. The third kappa shape index (κ3) is 2.00. The van der Waals surface area contributed by atoms with Crippen LogP contribution in [0, 0.1) is 11.7 Å². The molecule has 1 aromatic heterocycles. The van der Waals surface area contributed by atoms with Gasteiger partial charge in [-0.1, -0.05) is 19.3 Å². The summed E-state index contributed by atoms with van der Waals surface area (Å²) < 4.78 is 15.9. The zero-order valence-corrected chi connectivity index (χ0v) is 11.6. The number of nitrogen functional groups attached to an aromatic ring is 1. The van der Waals surface area contributed by atoms with Gasteiger partial charge in [0.2, 0.25) is 5.95 Å². The molecule has 1 aromatic carbocycles. The second-order valence-corrected chi connectivity index (χ2v) is 5.82. The van der Waals surface area contributed by atoms with Gasteiger partial charge in [-0.25, -0.2) is 9.37 Å². The molecular formula is C13H15BrFN3. The van der Waals surface area contributed by atoms with Crippen molar-refractivity contribution in [2.75, 3.05) is 5.73 Å². The summed E-state index contributed by atoms with van der Waals surface area (Å²) >= 11 is 3.21. The van der Waals surface area contributed by atoms with Gasteiger partial charge in [-0.2, -0.15) is 0 Å². The van der Waals surface area contributed by atoms with Crippen molar-refractivity contribution >= 4 is 32.9 Å². The summed E-state index contributed by atoms with van der Waals surface area (Å²) in [5.41, 5.74) is 7.44. The van der Waals surface area contributed by atoms with Crippen molar-refractivity contribution in [3.05, 3.63) is 22.4 Å². The van der Waals surface area contributed by atoms with Crippen LogP contribution >= 0.6 is 15.9 Å². The van der Waals surface area contributed by atoms with Crippen molar-refractivity contribution in [3.8, 4) is 0 Å². The minimum absolute atomic E-state index is 0.300. The summed E-state index contributed by atoms with van der Waals surface area (Å²) in [7, 11) is 0. The van der Waals surface area contributed by atoms with Crippen molar-refractivity contribution in [1.29, 1.82) is 0 Å². The van der Waals surface area contributed by atoms with Crippen LogP contribution in [0.3, 0.4) is 0 Å². The SMILES string of the molecule is Nc1nc2cc(F)c(Br)cc2n1CCC1CCC1. The molecular weight excluding hydrogens is 297 g/mol. The Labute approximate surface area is 113 Å². The van der Waals surface area contributed by atoms with Gasteiger partial charge in [-0.15, -0.1) is 0 Å². The summed E-state index contributed by atoms with van der Waals surface area (Å²) in [6.45, 7) is 0.866. The molecule has 1 aliphatic rings. The lowest BCUT2D eigenvalue weighted by Crippen LogP contribution is -2.14. The van der Waals surface area contributed by atoms with Crippen molar-refractivity contribution in [1.82, 2.24) is 9.55 Å². The fourth-order valence-corrected chi connectivity index (χ4v) is 2.80. The highest BCUT2D eigenvalue weighted by Gasteiger charge is 2.18. The fourth-order valence-electron chi connectivity index (χ4n) is 2.47. The Kier molecular flexibility index (Phi) is 3.01.